The summed E-state index contributed by atoms with van der Waals surface area (Å²) < 4.78 is 0. The molecule has 152 valence electrons. The van der Waals surface area contributed by atoms with Crippen molar-refractivity contribution in [1.82, 2.24) is 15.1 Å². The van der Waals surface area contributed by atoms with Crippen LogP contribution in [0.25, 0.3) is 0 Å². The topological polar surface area (TPSA) is 72.9 Å². The Hall–Kier alpha value is -1.60. The number of nitrogens with zero attached hydrogens (tertiary/aromatic N) is 2. The van der Waals surface area contributed by atoms with E-state index >= 15 is 0 Å². The molecule has 2 rings (SSSR count). The number of piperidine rings is 1. The number of aliphatic carboxylic acids is 1. The Balaban J connectivity index is 1.95. The number of carbonyl (C=O) groups is 2. The molecule has 0 aliphatic carbocycles. The Kier molecular flexibility index (Phi) is 8.57. The van der Waals surface area contributed by atoms with Crippen molar-refractivity contribution in [2.45, 2.75) is 58.5 Å². The number of amides is 2. The van der Waals surface area contributed by atoms with Gasteiger partial charge >= 0.3 is 12.0 Å². The molecule has 1 atom stereocenters. The Bertz CT molecular complexity index is 581. The molecular weight excluding hydrogens is 362 g/mol. The van der Waals surface area contributed by atoms with Crippen molar-refractivity contribution in [2.75, 3.05) is 26.2 Å². The van der Waals surface area contributed by atoms with Crippen molar-refractivity contribution >= 4 is 23.3 Å². The molecule has 1 fully saturated rings. The van der Waals surface area contributed by atoms with E-state index in [-0.39, 0.29) is 24.7 Å². The molecule has 1 aromatic heterocycles. The lowest BCUT2D eigenvalue weighted by atomic mass is 9.93. The summed E-state index contributed by atoms with van der Waals surface area (Å²) in [5.74, 6) is -0.364. The third-order valence-electron chi connectivity index (χ3n) is 5.66. The number of thiophene rings is 1. The van der Waals surface area contributed by atoms with E-state index in [1.807, 2.05) is 22.8 Å². The van der Waals surface area contributed by atoms with E-state index in [9.17, 15) is 9.59 Å². The van der Waals surface area contributed by atoms with Crippen molar-refractivity contribution < 1.29 is 14.7 Å². The van der Waals surface area contributed by atoms with Gasteiger partial charge in [-0.1, -0.05) is 39.7 Å². The number of nitrogens with one attached hydrogen (secondary N) is 1. The maximum absolute atomic E-state index is 12.9. The zero-order chi connectivity index (χ0) is 19.8. The monoisotopic (exact) mass is 395 g/mol. The second kappa shape index (κ2) is 10.7. The lowest BCUT2D eigenvalue weighted by molar-refractivity contribution is -0.139. The van der Waals surface area contributed by atoms with E-state index in [0.717, 1.165) is 32.2 Å². The highest BCUT2D eigenvalue weighted by molar-refractivity contribution is 7.10. The maximum atomic E-state index is 12.9. The summed E-state index contributed by atoms with van der Waals surface area (Å²) in [5, 5.41) is 14.4. The lowest BCUT2D eigenvalue weighted by Crippen LogP contribution is -2.51. The summed E-state index contributed by atoms with van der Waals surface area (Å²) in [6, 6.07) is 4.44. The van der Waals surface area contributed by atoms with Crippen LogP contribution in [0.3, 0.4) is 0 Å². The minimum atomic E-state index is -0.791. The lowest BCUT2D eigenvalue weighted by Gasteiger charge is -2.38. The highest BCUT2D eigenvalue weighted by Gasteiger charge is 2.30. The fourth-order valence-corrected chi connectivity index (χ4v) is 4.85. The van der Waals surface area contributed by atoms with Crippen molar-refractivity contribution in [3.63, 3.8) is 0 Å². The quantitative estimate of drug-likeness (QED) is 0.667. The average Bonchev–Trinajstić information content (AvgIpc) is 3.20. The van der Waals surface area contributed by atoms with Crippen LogP contribution in [0.1, 0.15) is 57.4 Å². The standard InChI is InChI=1S/C20H33N3O3S/c1-4-15(5-2)19(17-8-7-13-27-17)21-20(26)23-11-9-16(10-12-23)22(6-3)14-18(24)25/h7-8,13,15-16,19H,4-6,9-12,14H2,1-3H3,(H,21,26)(H,24,25). The van der Waals surface area contributed by atoms with Crippen molar-refractivity contribution in [3.8, 4) is 0 Å². The number of likely N-dealkylation sites (tertiary alicyclic amines) is 1. The number of carbonyl (C=O) groups excluding carboxylic acids is 1. The van der Waals surface area contributed by atoms with E-state index in [1.165, 1.54) is 4.88 Å². The van der Waals surface area contributed by atoms with Crippen LogP contribution >= 0.6 is 11.3 Å². The first-order valence-corrected chi connectivity index (χ1v) is 10.9. The molecule has 1 aliphatic rings. The predicted molar refractivity (Wildman–Crippen MR) is 109 cm³/mol. The van der Waals surface area contributed by atoms with Gasteiger partial charge in [0.15, 0.2) is 0 Å². The molecule has 1 unspecified atom stereocenters. The number of likely N-dealkylation sites (N-methyl/N-ethyl adjacent to an activating group) is 1. The number of carboxylic acids is 1. The maximum Gasteiger partial charge on any atom is 0.317 e. The summed E-state index contributed by atoms with van der Waals surface area (Å²) in [7, 11) is 0. The minimum Gasteiger partial charge on any atom is -0.480 e. The molecule has 1 aliphatic heterocycles. The van der Waals surface area contributed by atoms with Gasteiger partial charge in [0.1, 0.15) is 0 Å². The second-order valence-electron chi connectivity index (χ2n) is 7.19. The molecule has 0 radical (unpaired) electrons. The van der Waals surface area contributed by atoms with Gasteiger partial charge in [0.05, 0.1) is 12.6 Å². The molecular formula is C20H33N3O3S. The van der Waals surface area contributed by atoms with Gasteiger partial charge in [-0.25, -0.2) is 4.79 Å². The molecule has 27 heavy (non-hydrogen) atoms. The van der Waals surface area contributed by atoms with Crippen molar-refractivity contribution in [2.24, 2.45) is 5.92 Å². The van der Waals surface area contributed by atoms with Crippen LogP contribution in [0.5, 0.6) is 0 Å². The molecule has 0 bridgehead atoms. The van der Waals surface area contributed by atoms with Crippen LogP contribution in [0.4, 0.5) is 4.79 Å². The Morgan fingerprint density at radius 1 is 1.30 bits per heavy atom. The molecule has 6 nitrogen and oxygen atoms in total. The Morgan fingerprint density at radius 3 is 2.44 bits per heavy atom. The fourth-order valence-electron chi connectivity index (χ4n) is 3.98. The van der Waals surface area contributed by atoms with Gasteiger partial charge in [0, 0.05) is 24.0 Å². The summed E-state index contributed by atoms with van der Waals surface area (Å²) in [6.07, 6.45) is 3.70. The molecule has 1 saturated heterocycles. The van der Waals surface area contributed by atoms with Crippen LogP contribution in [-0.2, 0) is 4.79 Å². The van der Waals surface area contributed by atoms with E-state index in [4.69, 9.17) is 5.11 Å². The summed E-state index contributed by atoms with van der Waals surface area (Å²) in [5.41, 5.74) is 0. The minimum absolute atomic E-state index is 0.0000306. The van der Waals surface area contributed by atoms with E-state index in [2.05, 4.69) is 30.6 Å². The summed E-state index contributed by atoms with van der Waals surface area (Å²) in [6.45, 7) is 8.48. The molecule has 2 N–H and O–H groups in total. The van der Waals surface area contributed by atoms with Gasteiger partial charge in [-0.05, 0) is 36.8 Å². The highest BCUT2D eigenvalue weighted by atomic mass is 32.1. The van der Waals surface area contributed by atoms with Gasteiger partial charge in [-0.15, -0.1) is 11.3 Å². The third-order valence-corrected chi connectivity index (χ3v) is 6.62. The third kappa shape index (κ3) is 5.94. The first-order chi connectivity index (χ1) is 13.0. The Labute approximate surface area is 166 Å². The number of rotatable bonds is 9. The molecule has 0 saturated carbocycles. The van der Waals surface area contributed by atoms with E-state index in [1.54, 1.807) is 11.3 Å². The number of carboxylic acid groups (broad SMARTS) is 1. The summed E-state index contributed by atoms with van der Waals surface area (Å²) >= 11 is 1.70. The van der Waals surface area contributed by atoms with E-state index < -0.39 is 5.97 Å². The zero-order valence-electron chi connectivity index (χ0n) is 16.7. The van der Waals surface area contributed by atoms with Crippen LogP contribution in [0.2, 0.25) is 0 Å². The molecule has 0 aromatic carbocycles. The molecule has 2 heterocycles. The molecule has 2 amide bonds. The normalized spacial score (nSPS) is 16.7. The smallest absolute Gasteiger partial charge is 0.317 e. The van der Waals surface area contributed by atoms with Gasteiger partial charge < -0.3 is 15.3 Å². The van der Waals surface area contributed by atoms with Gasteiger partial charge in [0.2, 0.25) is 0 Å². The highest BCUT2D eigenvalue weighted by Crippen LogP contribution is 2.31. The van der Waals surface area contributed by atoms with Gasteiger partial charge in [-0.3, -0.25) is 9.69 Å². The first kappa shape index (κ1) is 21.7. The molecule has 0 spiro atoms. The zero-order valence-corrected chi connectivity index (χ0v) is 17.5. The largest absolute Gasteiger partial charge is 0.480 e. The SMILES string of the molecule is CCC(CC)C(NC(=O)N1CCC(N(CC)CC(=O)O)CC1)c1cccs1. The second-order valence-corrected chi connectivity index (χ2v) is 8.17. The van der Waals surface area contributed by atoms with Gasteiger partial charge in [0.25, 0.3) is 0 Å². The predicted octanol–water partition coefficient (Wildman–Crippen LogP) is 3.81. The van der Waals surface area contributed by atoms with Crippen molar-refractivity contribution in [1.29, 1.82) is 0 Å². The van der Waals surface area contributed by atoms with Crippen LogP contribution in [0, 0.1) is 5.92 Å². The number of hydrogen-bond acceptors (Lipinski definition) is 4. The van der Waals surface area contributed by atoms with E-state index in [0.29, 0.717) is 19.0 Å². The molecule has 7 heteroatoms. The van der Waals surface area contributed by atoms with Crippen LogP contribution in [0.15, 0.2) is 17.5 Å². The van der Waals surface area contributed by atoms with Gasteiger partial charge in [-0.2, -0.15) is 0 Å². The fraction of sp³-hybridized carbons (Fsp3) is 0.700. The Morgan fingerprint density at radius 2 is 1.96 bits per heavy atom. The average molecular weight is 396 g/mol. The van der Waals surface area contributed by atoms with Crippen molar-refractivity contribution in [3.05, 3.63) is 22.4 Å². The number of hydrogen-bond donors (Lipinski definition) is 2. The van der Waals surface area contributed by atoms with Crippen LogP contribution < -0.4 is 5.32 Å². The first-order valence-electron chi connectivity index (χ1n) is 10.0. The summed E-state index contributed by atoms with van der Waals surface area (Å²) in [4.78, 5) is 29.0. The number of urea groups is 1. The van der Waals surface area contributed by atoms with Crippen LogP contribution in [-0.4, -0.2) is 59.1 Å². The molecule has 1 aromatic rings.